The van der Waals surface area contributed by atoms with Gasteiger partial charge in [-0.1, -0.05) is 30.3 Å². The van der Waals surface area contributed by atoms with Crippen LogP contribution in [-0.2, 0) is 19.5 Å². The van der Waals surface area contributed by atoms with E-state index in [4.69, 9.17) is 5.73 Å². The van der Waals surface area contributed by atoms with E-state index in [1.807, 2.05) is 23.2 Å². The molecule has 9 nitrogen and oxygen atoms in total. The van der Waals surface area contributed by atoms with Crippen molar-refractivity contribution in [3.8, 4) is 0 Å². The molecule has 3 aromatic heterocycles. The topological polar surface area (TPSA) is 95.9 Å². The number of nitrogen functional groups attached to an aromatic ring is 1. The van der Waals surface area contributed by atoms with Crippen LogP contribution in [0.4, 0.5) is 16.2 Å². The number of hydrogen-bond donors (Lipinski definition) is 1. The van der Waals surface area contributed by atoms with Crippen molar-refractivity contribution >= 4 is 34.2 Å². The Labute approximate surface area is 230 Å². The molecule has 2 aliphatic rings. The number of imidazole rings is 1. The number of benzene rings is 2. The molecule has 5 aromatic rings. The molecular formula is C30H29FN8O. The number of amides is 1. The van der Waals surface area contributed by atoms with Gasteiger partial charge in [-0.25, -0.2) is 19.3 Å². The Morgan fingerprint density at radius 3 is 2.62 bits per heavy atom. The summed E-state index contributed by atoms with van der Waals surface area (Å²) in [4.78, 5) is 33.6. The number of fused-ring (bicyclic) bond motifs is 4. The number of nitrogens with two attached hydrogens (primary N) is 1. The van der Waals surface area contributed by atoms with Gasteiger partial charge in [0.25, 0.3) is 5.91 Å². The third-order valence-electron chi connectivity index (χ3n) is 8.02. The Bertz CT molecular complexity index is 1730. The maximum Gasteiger partial charge on any atom is 0.274 e. The van der Waals surface area contributed by atoms with Crippen molar-refractivity contribution in [2.45, 2.75) is 19.5 Å². The second kappa shape index (κ2) is 9.87. The Hall–Kier alpha value is -4.57. The van der Waals surface area contributed by atoms with Crippen molar-refractivity contribution < 1.29 is 9.18 Å². The average molecular weight is 537 g/mol. The summed E-state index contributed by atoms with van der Waals surface area (Å²) in [6, 6.07) is 17.2. The molecule has 40 heavy (non-hydrogen) atoms. The van der Waals surface area contributed by atoms with Crippen LogP contribution < -0.4 is 10.6 Å². The van der Waals surface area contributed by atoms with Gasteiger partial charge in [-0.15, -0.1) is 0 Å². The van der Waals surface area contributed by atoms with Gasteiger partial charge in [0, 0.05) is 63.6 Å². The summed E-state index contributed by atoms with van der Waals surface area (Å²) in [6.45, 7) is 5.74. The molecule has 202 valence electrons. The molecule has 0 atom stereocenters. The van der Waals surface area contributed by atoms with E-state index >= 15 is 0 Å². The van der Waals surface area contributed by atoms with Gasteiger partial charge in [-0.2, -0.15) is 0 Å². The number of halogens is 1. The summed E-state index contributed by atoms with van der Waals surface area (Å²) < 4.78 is 15.9. The SMILES string of the molecule is Nc1nc2c(F)cccc2c2nc(C(=O)N3CCc4cccc(CN5CCN(c6ccccn6)CC5)c4C3)cn12. The van der Waals surface area contributed by atoms with Gasteiger partial charge in [-0.3, -0.25) is 14.1 Å². The van der Waals surface area contributed by atoms with Crippen molar-refractivity contribution in [3.05, 3.63) is 95.2 Å². The van der Waals surface area contributed by atoms with Crippen LogP contribution in [0, 0.1) is 5.82 Å². The normalized spacial score (nSPS) is 16.0. The first-order valence-corrected chi connectivity index (χ1v) is 13.6. The summed E-state index contributed by atoms with van der Waals surface area (Å²) in [5, 5.41) is 0.516. The van der Waals surface area contributed by atoms with E-state index in [9.17, 15) is 9.18 Å². The highest BCUT2D eigenvalue weighted by molar-refractivity contribution is 5.97. The number of para-hydroxylation sites is 1. The van der Waals surface area contributed by atoms with Crippen LogP contribution in [0.3, 0.4) is 0 Å². The fourth-order valence-corrected chi connectivity index (χ4v) is 5.88. The van der Waals surface area contributed by atoms with E-state index in [-0.39, 0.29) is 23.1 Å². The minimum Gasteiger partial charge on any atom is -0.369 e. The Kier molecular flexibility index (Phi) is 6.04. The smallest absolute Gasteiger partial charge is 0.274 e. The number of hydrogen-bond acceptors (Lipinski definition) is 7. The molecule has 2 aromatic carbocycles. The minimum absolute atomic E-state index is 0.0913. The van der Waals surface area contributed by atoms with Gasteiger partial charge in [0.15, 0.2) is 0 Å². The van der Waals surface area contributed by atoms with Crippen LogP contribution in [0.25, 0.3) is 16.6 Å². The summed E-state index contributed by atoms with van der Waals surface area (Å²) in [6.07, 6.45) is 4.23. The molecule has 1 fully saturated rings. The van der Waals surface area contributed by atoms with E-state index in [1.54, 1.807) is 22.7 Å². The number of carbonyl (C=O) groups is 1. The van der Waals surface area contributed by atoms with E-state index in [0.717, 1.165) is 45.0 Å². The maximum atomic E-state index is 14.4. The number of aromatic nitrogens is 4. The number of anilines is 2. The molecule has 0 unspecified atom stereocenters. The van der Waals surface area contributed by atoms with Crippen LogP contribution in [0.5, 0.6) is 0 Å². The van der Waals surface area contributed by atoms with Gasteiger partial charge >= 0.3 is 0 Å². The zero-order chi connectivity index (χ0) is 27.2. The molecule has 0 saturated carbocycles. The standard InChI is InChI=1S/C30H29FN8O/c31-24-8-4-7-22-27(24)35-30(32)39-19-25(34-28(22)39)29(40)38-12-10-20-5-3-6-21(23(20)18-38)17-36-13-15-37(16-14-36)26-9-1-2-11-33-26/h1-9,11,19H,10,12-18H2,(H2,32,35). The second-order valence-electron chi connectivity index (χ2n) is 10.4. The second-order valence-corrected chi connectivity index (χ2v) is 10.4. The summed E-state index contributed by atoms with van der Waals surface area (Å²) in [5.41, 5.74) is 10.7. The lowest BCUT2D eigenvalue weighted by Gasteiger charge is -2.36. The predicted molar refractivity (Wildman–Crippen MR) is 151 cm³/mol. The molecular weight excluding hydrogens is 507 g/mol. The summed E-state index contributed by atoms with van der Waals surface area (Å²) >= 11 is 0. The van der Waals surface area contributed by atoms with Crippen LogP contribution in [0.15, 0.2) is 67.0 Å². The Morgan fingerprint density at radius 1 is 0.950 bits per heavy atom. The summed E-state index contributed by atoms with van der Waals surface area (Å²) in [7, 11) is 0. The number of carbonyl (C=O) groups excluding carboxylic acids is 1. The maximum absolute atomic E-state index is 14.4. The Balaban J connectivity index is 1.10. The lowest BCUT2D eigenvalue weighted by Crippen LogP contribution is -2.46. The first-order chi connectivity index (χ1) is 19.5. The fourth-order valence-electron chi connectivity index (χ4n) is 5.88. The Morgan fingerprint density at radius 2 is 1.80 bits per heavy atom. The molecule has 1 amide bonds. The van der Waals surface area contributed by atoms with Gasteiger partial charge < -0.3 is 15.5 Å². The molecule has 0 bridgehead atoms. The van der Waals surface area contributed by atoms with Crippen molar-refractivity contribution in [2.75, 3.05) is 43.4 Å². The third kappa shape index (κ3) is 4.30. The number of nitrogens with zero attached hydrogens (tertiary/aromatic N) is 7. The van der Waals surface area contributed by atoms with Crippen molar-refractivity contribution in [1.82, 2.24) is 29.2 Å². The molecule has 10 heteroatoms. The van der Waals surface area contributed by atoms with Crippen LogP contribution in [-0.4, -0.2) is 67.8 Å². The third-order valence-corrected chi connectivity index (χ3v) is 8.02. The largest absolute Gasteiger partial charge is 0.369 e. The van der Waals surface area contributed by atoms with Crippen LogP contribution in [0.1, 0.15) is 27.2 Å². The highest BCUT2D eigenvalue weighted by Gasteiger charge is 2.27. The molecule has 2 N–H and O–H groups in total. The van der Waals surface area contributed by atoms with Crippen molar-refractivity contribution in [3.63, 3.8) is 0 Å². The first-order valence-electron chi connectivity index (χ1n) is 13.6. The quantitative estimate of drug-likeness (QED) is 0.376. The van der Waals surface area contributed by atoms with Crippen LogP contribution in [0.2, 0.25) is 0 Å². The van der Waals surface area contributed by atoms with Gasteiger partial charge in [0.2, 0.25) is 5.95 Å². The van der Waals surface area contributed by atoms with Crippen molar-refractivity contribution in [2.24, 2.45) is 0 Å². The average Bonchev–Trinajstić information content (AvgIpc) is 3.45. The summed E-state index contributed by atoms with van der Waals surface area (Å²) in [5.74, 6) is 0.475. The van der Waals surface area contributed by atoms with E-state index in [2.05, 4.69) is 49.0 Å². The van der Waals surface area contributed by atoms with Gasteiger partial charge in [0.1, 0.15) is 28.5 Å². The van der Waals surface area contributed by atoms with Gasteiger partial charge in [0.05, 0.1) is 0 Å². The predicted octanol–water partition coefficient (Wildman–Crippen LogP) is 3.52. The number of pyridine rings is 1. The van der Waals surface area contributed by atoms with E-state index < -0.39 is 5.82 Å². The lowest BCUT2D eigenvalue weighted by molar-refractivity contribution is 0.0728. The first kappa shape index (κ1) is 24.5. The van der Waals surface area contributed by atoms with Gasteiger partial charge in [-0.05, 0) is 47.4 Å². The van der Waals surface area contributed by atoms with E-state index in [0.29, 0.717) is 24.1 Å². The number of rotatable bonds is 4. The molecule has 0 aliphatic carbocycles. The number of piperazine rings is 1. The van der Waals surface area contributed by atoms with Crippen molar-refractivity contribution in [1.29, 1.82) is 0 Å². The monoisotopic (exact) mass is 536 g/mol. The minimum atomic E-state index is -0.471. The zero-order valence-electron chi connectivity index (χ0n) is 22.0. The lowest BCUT2D eigenvalue weighted by atomic mass is 9.94. The molecule has 1 saturated heterocycles. The fraction of sp³-hybridized carbons (Fsp3) is 0.267. The highest BCUT2D eigenvalue weighted by Crippen LogP contribution is 2.27. The van der Waals surface area contributed by atoms with E-state index in [1.165, 1.54) is 22.8 Å². The molecule has 5 heterocycles. The molecule has 7 rings (SSSR count). The zero-order valence-corrected chi connectivity index (χ0v) is 22.0. The van der Waals surface area contributed by atoms with Crippen LogP contribution >= 0.6 is 0 Å². The molecule has 0 spiro atoms. The molecule has 0 radical (unpaired) electrons. The molecule has 2 aliphatic heterocycles. The highest BCUT2D eigenvalue weighted by atomic mass is 19.1.